The minimum absolute atomic E-state index is 0.0591. The molecule has 2 saturated heterocycles. The van der Waals surface area contributed by atoms with Crippen LogP contribution in [0.2, 0.25) is 0 Å². The van der Waals surface area contributed by atoms with Crippen LogP contribution in [0.25, 0.3) is 16.7 Å². The van der Waals surface area contributed by atoms with Crippen molar-refractivity contribution in [1.29, 1.82) is 0 Å². The molecule has 2 aromatic rings. The molecular weight excluding hydrogens is 412 g/mol. The molecule has 2 heterocycles. The maximum absolute atomic E-state index is 13.9. The van der Waals surface area contributed by atoms with E-state index in [1.807, 2.05) is 52.8 Å². The van der Waals surface area contributed by atoms with Crippen LogP contribution in [0.4, 0.5) is 0 Å². The average molecular weight is 445 g/mol. The summed E-state index contributed by atoms with van der Waals surface area (Å²) in [7, 11) is 0. The number of hydrogen-bond acceptors (Lipinski definition) is 4. The van der Waals surface area contributed by atoms with Crippen LogP contribution < -0.4 is 0 Å². The Morgan fingerprint density at radius 3 is 2.30 bits per heavy atom. The van der Waals surface area contributed by atoms with E-state index in [1.54, 1.807) is 0 Å². The van der Waals surface area contributed by atoms with Crippen LogP contribution in [-0.2, 0) is 19.1 Å². The van der Waals surface area contributed by atoms with E-state index in [9.17, 15) is 9.59 Å². The van der Waals surface area contributed by atoms with Gasteiger partial charge in [0, 0.05) is 0 Å². The predicted octanol–water partition coefficient (Wildman–Crippen LogP) is 6.04. The van der Waals surface area contributed by atoms with E-state index in [2.05, 4.69) is 31.2 Å². The summed E-state index contributed by atoms with van der Waals surface area (Å²) in [5, 5.41) is 0. The number of carbonyl (C=O) groups excluding carboxylic acids is 2. The van der Waals surface area contributed by atoms with Gasteiger partial charge in [0.1, 0.15) is 5.76 Å². The van der Waals surface area contributed by atoms with Gasteiger partial charge in [-0.05, 0) is 82.2 Å². The maximum atomic E-state index is 13.9. The summed E-state index contributed by atoms with van der Waals surface area (Å²) in [5.41, 5.74) is 4.62. The number of carbonyl (C=O) groups is 2. The Kier molecular flexibility index (Phi) is 4.95. The highest BCUT2D eigenvalue weighted by molar-refractivity contribution is 6.26. The topological polar surface area (TPSA) is 52.6 Å². The lowest BCUT2D eigenvalue weighted by Crippen LogP contribution is -2.37. The number of ether oxygens (including phenoxy) is 2. The van der Waals surface area contributed by atoms with Gasteiger partial charge in [-0.2, -0.15) is 0 Å². The van der Waals surface area contributed by atoms with Crippen molar-refractivity contribution in [1.82, 2.24) is 0 Å². The standard InChI is InChI=1S/C29H32O4/c1-16-14-19(18-10-8-7-9-11-18)15-17(2)21(16)23-25(30)22-20-12-13-29(6,33-20)24(22)26(23)32-27(31)28(3,4)5/h7-11,14-15,20,22,24H,12-13H2,1-6H3/t20?,22-,24+,29?/m0/s1. The smallest absolute Gasteiger partial charge is 0.316 e. The van der Waals surface area contributed by atoms with Gasteiger partial charge in [-0.15, -0.1) is 0 Å². The van der Waals surface area contributed by atoms with Gasteiger partial charge in [-0.1, -0.05) is 42.5 Å². The van der Waals surface area contributed by atoms with E-state index in [-0.39, 0.29) is 29.7 Å². The maximum Gasteiger partial charge on any atom is 0.316 e. The molecule has 1 aliphatic carbocycles. The molecule has 0 aromatic heterocycles. The molecule has 172 valence electrons. The van der Waals surface area contributed by atoms with Gasteiger partial charge in [0.2, 0.25) is 0 Å². The first-order valence-corrected chi connectivity index (χ1v) is 11.9. The zero-order valence-electron chi connectivity index (χ0n) is 20.3. The van der Waals surface area contributed by atoms with Crippen LogP contribution in [0.5, 0.6) is 0 Å². The van der Waals surface area contributed by atoms with Gasteiger partial charge >= 0.3 is 5.97 Å². The molecule has 4 heteroatoms. The van der Waals surface area contributed by atoms with Crippen molar-refractivity contribution in [2.24, 2.45) is 17.3 Å². The summed E-state index contributed by atoms with van der Waals surface area (Å²) in [6.45, 7) is 11.7. The third-order valence-corrected chi connectivity index (χ3v) is 7.55. The fourth-order valence-corrected chi connectivity index (χ4v) is 5.94. The Labute approximate surface area is 196 Å². The highest BCUT2D eigenvalue weighted by Gasteiger charge is 2.65. The number of rotatable bonds is 3. The van der Waals surface area contributed by atoms with Crippen molar-refractivity contribution in [3.8, 4) is 11.1 Å². The number of esters is 1. The van der Waals surface area contributed by atoms with Crippen molar-refractivity contribution in [2.45, 2.75) is 66.1 Å². The number of allylic oxidation sites excluding steroid dienone is 1. The van der Waals surface area contributed by atoms with Gasteiger partial charge in [0.25, 0.3) is 0 Å². The molecule has 4 nitrogen and oxygen atoms in total. The lowest BCUT2D eigenvalue weighted by molar-refractivity contribution is -0.150. The SMILES string of the molecule is Cc1cc(-c2ccccc2)cc(C)c1C1=C(OC(=O)C(C)(C)C)[C@H]2[C@@H](C1=O)C1CCC2(C)O1. The van der Waals surface area contributed by atoms with Crippen LogP contribution >= 0.6 is 0 Å². The molecule has 2 aromatic carbocycles. The van der Waals surface area contributed by atoms with Crippen LogP contribution in [-0.4, -0.2) is 23.5 Å². The van der Waals surface area contributed by atoms with Gasteiger partial charge in [0.15, 0.2) is 5.78 Å². The molecule has 2 fully saturated rings. The third kappa shape index (κ3) is 3.38. The van der Waals surface area contributed by atoms with Crippen molar-refractivity contribution in [2.75, 3.05) is 0 Å². The number of hydrogen-bond donors (Lipinski definition) is 0. The largest absolute Gasteiger partial charge is 0.429 e. The number of aryl methyl sites for hydroxylation is 2. The second-order valence-corrected chi connectivity index (χ2v) is 11.1. The fourth-order valence-electron chi connectivity index (χ4n) is 5.94. The molecule has 0 spiro atoms. The molecule has 3 aliphatic rings. The van der Waals surface area contributed by atoms with Gasteiger partial charge in [-0.3, -0.25) is 9.59 Å². The van der Waals surface area contributed by atoms with E-state index in [4.69, 9.17) is 9.47 Å². The molecule has 0 N–H and O–H groups in total. The second kappa shape index (κ2) is 7.39. The first kappa shape index (κ1) is 22.1. The Morgan fingerprint density at radius 1 is 1.06 bits per heavy atom. The van der Waals surface area contributed by atoms with Gasteiger partial charge in [0.05, 0.1) is 34.5 Å². The second-order valence-electron chi connectivity index (χ2n) is 11.1. The van der Waals surface area contributed by atoms with Crippen LogP contribution in [0.15, 0.2) is 48.2 Å². The molecule has 2 aliphatic heterocycles. The van der Waals surface area contributed by atoms with Crippen molar-refractivity contribution in [3.63, 3.8) is 0 Å². The van der Waals surface area contributed by atoms with E-state index < -0.39 is 11.0 Å². The number of benzene rings is 2. The fraction of sp³-hybridized carbons (Fsp3) is 0.448. The summed E-state index contributed by atoms with van der Waals surface area (Å²) in [4.78, 5) is 26.9. The van der Waals surface area contributed by atoms with E-state index in [0.717, 1.165) is 40.7 Å². The lowest BCUT2D eigenvalue weighted by atomic mass is 9.73. The Morgan fingerprint density at radius 2 is 1.70 bits per heavy atom. The summed E-state index contributed by atoms with van der Waals surface area (Å²) < 4.78 is 12.4. The van der Waals surface area contributed by atoms with Crippen LogP contribution in [0.3, 0.4) is 0 Å². The third-order valence-electron chi connectivity index (χ3n) is 7.55. The molecule has 0 amide bonds. The first-order valence-electron chi connectivity index (χ1n) is 11.9. The number of ketones is 1. The summed E-state index contributed by atoms with van der Waals surface area (Å²) in [5.74, 6) is -0.213. The van der Waals surface area contributed by atoms with Crippen molar-refractivity contribution < 1.29 is 19.1 Å². The molecule has 33 heavy (non-hydrogen) atoms. The summed E-state index contributed by atoms with van der Waals surface area (Å²) >= 11 is 0. The molecule has 0 radical (unpaired) electrons. The molecule has 0 saturated carbocycles. The quantitative estimate of drug-likeness (QED) is 0.542. The van der Waals surface area contributed by atoms with Gasteiger partial charge in [-0.25, -0.2) is 0 Å². The Bertz CT molecular complexity index is 1160. The number of fused-ring (bicyclic) bond motifs is 5. The lowest BCUT2D eigenvalue weighted by Gasteiger charge is -2.31. The zero-order valence-corrected chi connectivity index (χ0v) is 20.3. The molecule has 2 bridgehead atoms. The predicted molar refractivity (Wildman–Crippen MR) is 128 cm³/mol. The summed E-state index contributed by atoms with van der Waals surface area (Å²) in [6.07, 6.45) is 1.65. The highest BCUT2D eigenvalue weighted by atomic mass is 16.6. The van der Waals surface area contributed by atoms with Crippen LogP contribution in [0.1, 0.15) is 57.2 Å². The molecule has 5 rings (SSSR count). The van der Waals surface area contributed by atoms with E-state index in [1.165, 1.54) is 0 Å². The van der Waals surface area contributed by atoms with Crippen molar-refractivity contribution in [3.05, 3.63) is 64.9 Å². The number of Topliss-reactive ketones (excluding diaryl/α,β-unsaturated/α-hetero) is 1. The van der Waals surface area contributed by atoms with Crippen molar-refractivity contribution >= 4 is 17.3 Å². The average Bonchev–Trinajstić information content (AvgIpc) is 3.37. The first-order chi connectivity index (χ1) is 15.5. The summed E-state index contributed by atoms with van der Waals surface area (Å²) in [6, 6.07) is 14.5. The molecular formula is C29H32O4. The van der Waals surface area contributed by atoms with E-state index in [0.29, 0.717) is 11.3 Å². The zero-order chi connectivity index (χ0) is 23.7. The Hall–Kier alpha value is -2.72. The normalized spacial score (nSPS) is 28.4. The molecule has 4 atom stereocenters. The minimum atomic E-state index is -0.667. The van der Waals surface area contributed by atoms with Crippen LogP contribution in [0, 0.1) is 31.1 Å². The highest BCUT2D eigenvalue weighted by Crippen LogP contribution is 2.60. The molecule has 2 unspecified atom stereocenters. The van der Waals surface area contributed by atoms with Gasteiger partial charge < -0.3 is 9.47 Å². The Balaban J connectivity index is 1.68. The van der Waals surface area contributed by atoms with E-state index >= 15 is 0 Å². The minimum Gasteiger partial charge on any atom is -0.429 e. The monoisotopic (exact) mass is 444 g/mol.